The van der Waals surface area contributed by atoms with Crippen molar-refractivity contribution in [1.82, 2.24) is 5.32 Å². The van der Waals surface area contributed by atoms with Crippen LogP contribution in [0.1, 0.15) is 348 Å². The van der Waals surface area contributed by atoms with Gasteiger partial charge >= 0.3 is 13.8 Å². The number of nitrogens with zero attached hydrogens (tertiary/aromatic N) is 1. The van der Waals surface area contributed by atoms with Gasteiger partial charge in [-0.05, 0) is 96.0 Å². The van der Waals surface area contributed by atoms with Gasteiger partial charge in [0, 0.05) is 12.8 Å². The van der Waals surface area contributed by atoms with Gasteiger partial charge in [-0.3, -0.25) is 18.6 Å². The fourth-order valence-electron chi connectivity index (χ4n) is 10.6. The number of phosphoric ester groups is 1. The number of unbranched alkanes of at least 4 members (excludes halogenated alkanes) is 42. The average molecular weight is 1200 g/mol. The van der Waals surface area contributed by atoms with Gasteiger partial charge in [-0.1, -0.05) is 300 Å². The molecular formula is C74H140N2O7P+. The second-order valence-corrected chi connectivity index (χ2v) is 27.2. The largest absolute Gasteiger partial charge is 0.472 e. The first-order chi connectivity index (χ1) is 40.9. The summed E-state index contributed by atoms with van der Waals surface area (Å²) in [6.07, 6.45) is 82.3. The predicted molar refractivity (Wildman–Crippen MR) is 365 cm³/mol. The van der Waals surface area contributed by atoms with E-state index >= 15 is 0 Å². The van der Waals surface area contributed by atoms with E-state index in [-0.39, 0.29) is 25.1 Å². The summed E-state index contributed by atoms with van der Waals surface area (Å²) < 4.78 is 30.8. The van der Waals surface area contributed by atoms with Crippen molar-refractivity contribution >= 4 is 19.7 Å². The van der Waals surface area contributed by atoms with Crippen molar-refractivity contribution in [2.24, 2.45) is 0 Å². The third-order valence-corrected chi connectivity index (χ3v) is 17.2. The van der Waals surface area contributed by atoms with Gasteiger partial charge in [0.1, 0.15) is 19.3 Å². The number of esters is 1. The summed E-state index contributed by atoms with van der Waals surface area (Å²) >= 11 is 0. The van der Waals surface area contributed by atoms with Gasteiger partial charge in [-0.15, -0.1) is 0 Å². The van der Waals surface area contributed by atoms with E-state index in [2.05, 4.69) is 74.7 Å². The molecule has 0 saturated heterocycles. The number of ether oxygens (including phenoxy) is 1. The van der Waals surface area contributed by atoms with E-state index in [1.807, 2.05) is 33.3 Å². The molecule has 10 heteroatoms. The number of carbonyl (C=O) groups excluding carboxylic acids is 2. The molecule has 0 rings (SSSR count). The first kappa shape index (κ1) is 81.7. The lowest BCUT2D eigenvalue weighted by atomic mass is 10.0. The summed E-state index contributed by atoms with van der Waals surface area (Å²) in [5.41, 5.74) is 0. The van der Waals surface area contributed by atoms with Crippen molar-refractivity contribution in [3.05, 3.63) is 60.8 Å². The molecule has 0 radical (unpaired) electrons. The molecule has 0 aliphatic heterocycles. The Kier molecular flexibility index (Phi) is 62.0. The second kappa shape index (κ2) is 63.7. The lowest BCUT2D eigenvalue weighted by molar-refractivity contribution is -0.870. The number of nitrogens with one attached hydrogen (secondary N) is 1. The van der Waals surface area contributed by atoms with Crippen molar-refractivity contribution in [3.8, 4) is 0 Å². The highest BCUT2D eigenvalue weighted by Gasteiger charge is 2.30. The van der Waals surface area contributed by atoms with Crippen LogP contribution >= 0.6 is 7.82 Å². The number of amides is 1. The molecule has 0 spiro atoms. The number of carbonyl (C=O) groups is 2. The zero-order valence-corrected chi connectivity index (χ0v) is 57.3. The van der Waals surface area contributed by atoms with Crippen LogP contribution in [0, 0.1) is 0 Å². The van der Waals surface area contributed by atoms with Crippen molar-refractivity contribution in [2.75, 3.05) is 40.9 Å². The van der Waals surface area contributed by atoms with Gasteiger partial charge in [0.2, 0.25) is 5.91 Å². The van der Waals surface area contributed by atoms with Gasteiger partial charge < -0.3 is 19.4 Å². The molecule has 0 aromatic rings. The Morgan fingerprint density at radius 1 is 0.417 bits per heavy atom. The van der Waals surface area contributed by atoms with E-state index in [1.165, 1.54) is 244 Å². The molecule has 2 N–H and O–H groups in total. The molecule has 0 fully saturated rings. The number of phosphoric acid groups is 1. The van der Waals surface area contributed by atoms with E-state index in [0.717, 1.165) is 70.6 Å². The molecular weight excluding hydrogens is 1060 g/mol. The van der Waals surface area contributed by atoms with Crippen molar-refractivity contribution in [2.45, 2.75) is 360 Å². The average Bonchev–Trinajstić information content (AvgIpc) is 3.64. The summed E-state index contributed by atoms with van der Waals surface area (Å²) in [5, 5.41) is 3.08. The Morgan fingerprint density at radius 2 is 0.726 bits per heavy atom. The smallest absolute Gasteiger partial charge is 0.456 e. The molecule has 492 valence electrons. The SMILES string of the molecule is CCCCC/C=C\C/C=C\C/C=C\CCCCCCCCCCCCCCCCC(=O)NC(COP(=O)(O)OCC[N+](C)(C)C)C(/C=C\CCCCCCCCCCCC)OC(=O)CCCCCCCCCCC/C=C/CCCCCCCC. The zero-order chi connectivity index (χ0) is 61.4. The highest BCUT2D eigenvalue weighted by Crippen LogP contribution is 2.43. The monoisotopic (exact) mass is 1200 g/mol. The quantitative estimate of drug-likeness (QED) is 0.0205. The Balaban J connectivity index is 5.01. The van der Waals surface area contributed by atoms with Crippen molar-refractivity contribution in [3.63, 3.8) is 0 Å². The third-order valence-electron chi connectivity index (χ3n) is 16.2. The maximum absolute atomic E-state index is 13.6. The van der Waals surface area contributed by atoms with Crippen molar-refractivity contribution in [1.29, 1.82) is 0 Å². The molecule has 84 heavy (non-hydrogen) atoms. The van der Waals surface area contributed by atoms with Crippen LogP contribution in [0.5, 0.6) is 0 Å². The predicted octanol–water partition coefficient (Wildman–Crippen LogP) is 23.0. The first-order valence-electron chi connectivity index (χ1n) is 36.1. The van der Waals surface area contributed by atoms with E-state index < -0.39 is 20.0 Å². The van der Waals surface area contributed by atoms with Crippen LogP contribution in [0.15, 0.2) is 60.8 Å². The summed E-state index contributed by atoms with van der Waals surface area (Å²) in [5.74, 6) is -0.495. The lowest BCUT2D eigenvalue weighted by Gasteiger charge is -2.27. The molecule has 0 aliphatic rings. The molecule has 3 unspecified atom stereocenters. The lowest BCUT2D eigenvalue weighted by Crippen LogP contribution is -2.47. The minimum atomic E-state index is -4.45. The maximum Gasteiger partial charge on any atom is 0.472 e. The number of likely N-dealkylation sites (N-methyl/N-ethyl adjacent to an activating group) is 1. The number of allylic oxidation sites excluding steroid dienone is 9. The standard InChI is InChI=1S/C74H139N2O7P/c1-7-10-13-16-19-22-25-28-30-32-34-35-36-37-38-39-40-41-43-44-46-48-51-54-57-60-63-66-73(77)75-71(70-82-84(79,80)81-69-68-76(4,5)6)72(65-62-59-56-53-50-27-24-21-18-15-12-9-3)83-74(78)67-64-61-58-55-52-49-47-45-42-33-31-29-26-23-20-17-14-11-8-2/h19,22,28-31,34-35,62,65,71-72H,7-18,20-21,23-27,32-33,36-61,63-64,66-70H2,1-6H3,(H-,75,77,79,80)/p+1/b22-19-,30-28-,31-29+,35-34-,65-62-. The molecule has 0 aromatic carbocycles. The maximum atomic E-state index is 13.6. The minimum Gasteiger partial charge on any atom is -0.456 e. The van der Waals surface area contributed by atoms with Gasteiger partial charge in [-0.25, -0.2) is 4.57 Å². The minimum absolute atomic E-state index is 0.0402. The zero-order valence-electron chi connectivity index (χ0n) is 56.4. The van der Waals surface area contributed by atoms with Crippen LogP contribution in [0.2, 0.25) is 0 Å². The second-order valence-electron chi connectivity index (χ2n) is 25.8. The highest BCUT2D eigenvalue weighted by molar-refractivity contribution is 7.47. The van der Waals surface area contributed by atoms with Crippen LogP contribution in [0.3, 0.4) is 0 Å². The van der Waals surface area contributed by atoms with E-state index in [9.17, 15) is 19.0 Å². The van der Waals surface area contributed by atoms with Crippen LogP contribution in [-0.2, 0) is 27.9 Å². The summed E-state index contributed by atoms with van der Waals surface area (Å²) in [6, 6.07) is -0.850. The normalized spacial score (nSPS) is 13.8. The molecule has 0 bridgehead atoms. The Morgan fingerprint density at radius 3 is 1.12 bits per heavy atom. The summed E-state index contributed by atoms with van der Waals surface area (Å²) in [4.78, 5) is 37.9. The molecule has 0 aliphatic carbocycles. The molecule has 0 saturated carbocycles. The molecule has 3 atom stereocenters. The fraction of sp³-hybridized carbons (Fsp3) is 0.838. The Labute approximate surface area is 521 Å². The summed E-state index contributed by atoms with van der Waals surface area (Å²) in [6.45, 7) is 7.02. The Hall–Kier alpha value is -2.29. The Bertz CT molecular complexity index is 1620. The van der Waals surface area contributed by atoms with E-state index in [0.29, 0.717) is 23.9 Å². The van der Waals surface area contributed by atoms with Gasteiger partial charge in [0.25, 0.3) is 0 Å². The number of rotatable bonds is 66. The van der Waals surface area contributed by atoms with Crippen LogP contribution < -0.4 is 5.32 Å². The molecule has 9 nitrogen and oxygen atoms in total. The number of hydrogen-bond acceptors (Lipinski definition) is 6. The van der Waals surface area contributed by atoms with E-state index in [1.54, 1.807) is 0 Å². The highest BCUT2D eigenvalue weighted by atomic mass is 31.2. The molecule has 0 aromatic heterocycles. The van der Waals surface area contributed by atoms with E-state index in [4.69, 9.17) is 13.8 Å². The fourth-order valence-corrected chi connectivity index (χ4v) is 11.3. The first-order valence-corrected chi connectivity index (χ1v) is 37.6. The third kappa shape index (κ3) is 64.2. The van der Waals surface area contributed by atoms with Gasteiger partial charge in [-0.2, -0.15) is 0 Å². The number of quaternary nitrogens is 1. The molecule has 1 amide bonds. The topological polar surface area (TPSA) is 111 Å². The summed E-state index contributed by atoms with van der Waals surface area (Å²) in [7, 11) is 1.50. The van der Waals surface area contributed by atoms with Crippen LogP contribution in [0.4, 0.5) is 0 Å². The molecule has 0 heterocycles. The van der Waals surface area contributed by atoms with Crippen molar-refractivity contribution < 1.29 is 37.3 Å². The van der Waals surface area contributed by atoms with Gasteiger partial charge in [0.15, 0.2) is 0 Å². The number of hydrogen-bond donors (Lipinski definition) is 2. The van der Waals surface area contributed by atoms with Crippen LogP contribution in [0.25, 0.3) is 0 Å². The van der Waals surface area contributed by atoms with Crippen LogP contribution in [-0.4, -0.2) is 74.3 Å². The van der Waals surface area contributed by atoms with Gasteiger partial charge in [0.05, 0.1) is 33.8 Å².